The van der Waals surface area contributed by atoms with Gasteiger partial charge in [-0.25, -0.2) is 24.4 Å². The molecule has 6 saturated heterocycles. The molecule has 0 saturated carbocycles. The molecule has 15 rings (SSSR count). The number of H-pyrrole nitrogens is 2. The molecular weight excluding hydrogens is 1820 g/mol. The highest BCUT2D eigenvalue weighted by Gasteiger charge is 2.57. The summed E-state index contributed by atoms with van der Waals surface area (Å²) in [6.07, 6.45) is -10.7. The second-order valence-corrected chi connectivity index (χ2v) is 35.2. The number of rotatable bonds is 37. The van der Waals surface area contributed by atoms with Crippen LogP contribution in [0.1, 0.15) is 85.1 Å². The Labute approximate surface area is 787 Å². The van der Waals surface area contributed by atoms with Gasteiger partial charge in [0.2, 0.25) is 18.9 Å². The lowest BCUT2D eigenvalue weighted by atomic mass is 9.99. The van der Waals surface area contributed by atoms with Crippen LogP contribution in [0.5, 0.6) is 17.2 Å². The second kappa shape index (κ2) is 46.2. The Kier molecular flexibility index (Phi) is 33.4. The minimum Gasteiger partial charge on any atom is -0.491 e. The summed E-state index contributed by atoms with van der Waals surface area (Å²) in [5.74, 6) is -0.934. The van der Waals surface area contributed by atoms with E-state index in [4.69, 9.17) is 124 Å². The largest absolute Gasteiger partial charge is 0.511 e. The molecule has 6 fully saturated rings. The van der Waals surface area contributed by atoms with Gasteiger partial charge < -0.3 is 124 Å². The fourth-order valence-corrected chi connectivity index (χ4v) is 19.5. The summed E-state index contributed by atoms with van der Waals surface area (Å²) >= 11 is 3.76. The van der Waals surface area contributed by atoms with E-state index in [1.165, 1.54) is 97.6 Å². The Bertz CT molecular complexity index is 5460. The Balaban J connectivity index is 0.675. The van der Waals surface area contributed by atoms with Crippen molar-refractivity contribution >= 4 is 136 Å². The van der Waals surface area contributed by atoms with Crippen LogP contribution in [0.15, 0.2) is 127 Å². The maximum Gasteiger partial charge on any atom is 0.511 e. The molecule has 718 valence electrons. The van der Waals surface area contributed by atoms with Gasteiger partial charge in [0, 0.05) is 103 Å². The molecule has 8 aliphatic heterocycles. The number of cyclic esters (lactones) is 3. The van der Waals surface area contributed by atoms with Crippen LogP contribution < -0.4 is 14.2 Å². The number of nitrogens with zero attached hydrogens (tertiary/aromatic N) is 2. The molecular formula is C95H102N4O33S3. The zero-order valence-corrected chi connectivity index (χ0v) is 77.5. The standard InChI is InChI=1S/C95H102N4O33S3/c1-50(100)115-47-74-81-84(130-93(106)124-56(7)121-81)87(118-53(4)103)90(127-74)133-44-41-109-35-38-112-63-21-15-60(16-22-63)78-68-29-27-66(96-68)77(59-13-11-10-12-14-59)67-28-30-69(97-67)79(61-17-23-64(24-18-61)113-39-36-110-42-45-134-91-88(119-54(5)104)85-82(75(128-91)48-116-51(2)101)122-57(8)125-94(107)131-85)71-32-34-73(99-71)80(72-33-31-70(78)98-72)62-19-25-65(26-20-62)114-40-37-111-43-46-135-92-89(120-55(6)105)86-83(76(129-92)49-117-52(3)102)123-58(9)126-95(108)132-86/h10-34,56-58,74-76,81-92,96,99H,35-49H2,1-9H3. The zero-order chi connectivity index (χ0) is 94.8. The molecule has 8 aliphatic rings. The van der Waals surface area contributed by atoms with Gasteiger partial charge in [0.15, 0.2) is 36.6 Å². The minimum absolute atomic E-state index is 0.162. The van der Waals surface area contributed by atoms with Crippen LogP contribution in [0.4, 0.5) is 14.4 Å². The summed E-state index contributed by atoms with van der Waals surface area (Å²) in [6, 6.07) is 41.2. The molecule has 18 atom stereocenters. The monoisotopic (exact) mass is 1920 g/mol. The normalized spacial score (nSPS) is 25.0. The van der Waals surface area contributed by atoms with E-state index in [0.29, 0.717) is 57.3 Å². The van der Waals surface area contributed by atoms with Crippen molar-refractivity contribution in [2.75, 3.05) is 96.5 Å². The van der Waals surface area contributed by atoms with Crippen molar-refractivity contribution in [2.45, 2.75) is 171 Å². The lowest BCUT2D eigenvalue weighted by Gasteiger charge is -2.43. The number of hydrogen-bond donors (Lipinski definition) is 2. The first-order valence-corrected chi connectivity index (χ1v) is 46.9. The summed E-state index contributed by atoms with van der Waals surface area (Å²) in [7, 11) is 0. The number of benzene rings is 4. The molecule has 8 bridgehead atoms. The average Bonchev–Trinajstić information content (AvgIpc) is 1.69. The number of nitrogens with one attached hydrogen (secondary N) is 2. The van der Waals surface area contributed by atoms with E-state index in [1.54, 1.807) is 0 Å². The number of hydrogen-bond acceptors (Lipinski definition) is 38. The summed E-state index contributed by atoms with van der Waals surface area (Å²) < 4.78 is 139. The van der Waals surface area contributed by atoms with E-state index in [2.05, 4.69) is 9.97 Å². The molecule has 2 N–H and O–H groups in total. The fraction of sp³-hybridized carbons (Fsp3) is 0.442. The van der Waals surface area contributed by atoms with E-state index >= 15 is 0 Å². The Morgan fingerprint density at radius 2 is 0.593 bits per heavy atom. The van der Waals surface area contributed by atoms with Crippen LogP contribution in [-0.4, -0.2) is 279 Å². The Hall–Kier alpha value is -11.8. The molecule has 3 aromatic heterocycles. The molecule has 37 nitrogen and oxygen atoms in total. The van der Waals surface area contributed by atoms with E-state index in [-0.39, 0.29) is 79.3 Å². The first-order valence-electron chi connectivity index (χ1n) is 43.8. The first kappa shape index (κ1) is 97.7. The van der Waals surface area contributed by atoms with Gasteiger partial charge >= 0.3 is 54.3 Å². The van der Waals surface area contributed by atoms with Gasteiger partial charge in [-0.1, -0.05) is 66.7 Å². The number of ether oxygens (including phenoxy) is 24. The highest BCUT2D eigenvalue weighted by atomic mass is 32.2. The molecule has 18 unspecified atom stereocenters. The number of esters is 6. The number of fused-ring (bicyclic) bond motifs is 11. The van der Waals surface area contributed by atoms with Crippen molar-refractivity contribution in [3.8, 4) is 61.8 Å². The number of thioether (sulfide) groups is 3. The van der Waals surface area contributed by atoms with Crippen LogP contribution in [0.2, 0.25) is 0 Å². The van der Waals surface area contributed by atoms with Gasteiger partial charge in [-0.05, 0) is 128 Å². The van der Waals surface area contributed by atoms with Crippen LogP contribution in [-0.2, 0) is 128 Å². The third kappa shape index (κ3) is 25.5. The van der Waals surface area contributed by atoms with Crippen molar-refractivity contribution in [1.29, 1.82) is 0 Å². The number of aromatic amines is 2. The lowest BCUT2D eigenvalue weighted by Crippen LogP contribution is -2.60. The van der Waals surface area contributed by atoms with Crippen molar-refractivity contribution in [3.63, 3.8) is 0 Å². The predicted octanol–water partition coefficient (Wildman–Crippen LogP) is 13.2. The molecule has 0 amide bonds. The molecule has 135 heavy (non-hydrogen) atoms. The third-order valence-corrected chi connectivity index (χ3v) is 25.2. The van der Waals surface area contributed by atoms with Crippen LogP contribution in [0, 0.1) is 0 Å². The molecule has 0 radical (unpaired) electrons. The smallest absolute Gasteiger partial charge is 0.491 e. The van der Waals surface area contributed by atoms with Gasteiger partial charge in [-0.3, -0.25) is 28.8 Å². The summed E-state index contributed by atoms with van der Waals surface area (Å²) in [6.45, 7) is 13.0. The van der Waals surface area contributed by atoms with Crippen LogP contribution in [0.25, 0.3) is 90.9 Å². The maximum absolute atomic E-state index is 12.7. The van der Waals surface area contributed by atoms with Crippen LogP contribution in [0.3, 0.4) is 0 Å². The summed E-state index contributed by atoms with van der Waals surface area (Å²) in [4.78, 5) is 130. The second-order valence-electron chi connectivity index (χ2n) is 31.6. The quantitative estimate of drug-likeness (QED) is 0.0207. The SMILES string of the molecule is CC(=O)OCC1OC(SCCOCCOc2ccc(-c3c4nc(c(-c5ccc(OCCOCCSC6OC(COC(C)=O)C7OC(C)OC(=O)OC7C6OC(C)=O)cc5)c5ccc([nH]5)c(-c5ccc(OCCOCCSC6OC(COC(C)=O)C7OC(C)OC(=O)OC7C6OC(C)=O)cc5)c5nc(c(-c6ccccc6)c6ccc3[nH]6)C=C5)C=C4)cc2)C(OC(C)=O)C2OC(=O)OC(C)OC12. The van der Waals surface area contributed by atoms with Crippen molar-refractivity contribution in [1.82, 2.24) is 19.9 Å². The van der Waals surface area contributed by atoms with E-state index in [0.717, 1.165) is 66.6 Å². The molecule has 4 aromatic carbocycles. The van der Waals surface area contributed by atoms with Crippen molar-refractivity contribution in [3.05, 3.63) is 150 Å². The van der Waals surface area contributed by atoms with Crippen molar-refractivity contribution < 1.29 is 157 Å². The van der Waals surface area contributed by atoms with E-state index in [1.807, 2.05) is 152 Å². The van der Waals surface area contributed by atoms with Crippen LogP contribution >= 0.6 is 35.3 Å². The molecule has 0 spiro atoms. The highest BCUT2D eigenvalue weighted by molar-refractivity contribution is 8.00. The summed E-state index contributed by atoms with van der Waals surface area (Å²) in [5.41, 5.74) is 9.38. The topological polar surface area (TPSA) is 433 Å². The average molecular weight is 1920 g/mol. The summed E-state index contributed by atoms with van der Waals surface area (Å²) in [5, 5.41) is 0. The van der Waals surface area contributed by atoms with Gasteiger partial charge in [0.05, 0.1) is 62.4 Å². The molecule has 0 aliphatic carbocycles. The third-order valence-electron chi connectivity index (χ3n) is 21.8. The van der Waals surface area contributed by atoms with Gasteiger partial charge in [-0.2, -0.15) is 0 Å². The van der Waals surface area contributed by atoms with E-state index in [9.17, 15) is 43.2 Å². The molecule has 11 heterocycles. The molecule has 40 heteroatoms. The minimum atomic E-state index is -1.16. The van der Waals surface area contributed by atoms with Gasteiger partial charge in [0.1, 0.15) is 110 Å². The predicted molar refractivity (Wildman–Crippen MR) is 487 cm³/mol. The highest BCUT2D eigenvalue weighted by Crippen LogP contribution is 2.44. The Morgan fingerprint density at radius 3 is 0.859 bits per heavy atom. The molecule has 7 aromatic rings. The maximum atomic E-state index is 12.7. The zero-order valence-electron chi connectivity index (χ0n) is 75.0. The number of carbonyl (C=O) groups is 9. The van der Waals surface area contributed by atoms with Gasteiger partial charge in [-0.15, -0.1) is 35.3 Å². The van der Waals surface area contributed by atoms with E-state index < -0.39 is 163 Å². The number of aromatic nitrogens is 4. The first-order chi connectivity index (χ1) is 65.3. The van der Waals surface area contributed by atoms with Gasteiger partial charge in [0.25, 0.3) is 0 Å². The Morgan fingerprint density at radius 1 is 0.319 bits per heavy atom. The van der Waals surface area contributed by atoms with Crippen molar-refractivity contribution in [2.24, 2.45) is 0 Å². The number of carbonyl (C=O) groups excluding carboxylic acids is 9. The fourth-order valence-electron chi connectivity index (χ4n) is 16.3. The lowest BCUT2D eigenvalue weighted by molar-refractivity contribution is -0.239.